The number of rotatable bonds is 2. The van der Waals surface area contributed by atoms with Gasteiger partial charge in [0.15, 0.2) is 0 Å². The Morgan fingerprint density at radius 3 is 2.76 bits per heavy atom. The van der Waals surface area contributed by atoms with Gasteiger partial charge in [-0.15, -0.1) is 0 Å². The smallest absolute Gasteiger partial charge is 0.0718 e. The summed E-state index contributed by atoms with van der Waals surface area (Å²) < 4.78 is 8.16. The van der Waals surface area contributed by atoms with Crippen LogP contribution in [0.3, 0.4) is 0 Å². The number of thioether (sulfide) groups is 1. The molecule has 3 heterocycles. The molecule has 94 valence electrons. The molecule has 17 heavy (non-hydrogen) atoms. The van der Waals surface area contributed by atoms with E-state index in [0.717, 1.165) is 19.4 Å². The van der Waals surface area contributed by atoms with Gasteiger partial charge < -0.3 is 10.2 Å². The Morgan fingerprint density at radius 2 is 2.00 bits per heavy atom. The first-order chi connectivity index (χ1) is 8.36. The van der Waals surface area contributed by atoms with Crippen LogP contribution in [0, 0.1) is 0 Å². The van der Waals surface area contributed by atoms with Gasteiger partial charge in [-0.2, -0.15) is 11.8 Å². The van der Waals surface area contributed by atoms with Crippen LogP contribution in [0.2, 0.25) is 0 Å². The van der Waals surface area contributed by atoms with Crippen molar-refractivity contribution in [2.24, 2.45) is 0 Å². The van der Waals surface area contributed by atoms with Gasteiger partial charge in [0.2, 0.25) is 0 Å². The molecule has 2 saturated heterocycles. The van der Waals surface area contributed by atoms with Crippen molar-refractivity contribution in [3.8, 4) is 0 Å². The van der Waals surface area contributed by atoms with E-state index in [1.807, 2.05) is 0 Å². The Kier molecular flexibility index (Phi) is 3.34. The van der Waals surface area contributed by atoms with E-state index in [1.54, 1.807) is 0 Å². The summed E-state index contributed by atoms with van der Waals surface area (Å²) in [5, 5.41) is 0. The van der Waals surface area contributed by atoms with Crippen molar-refractivity contribution >= 4 is 11.8 Å². The van der Waals surface area contributed by atoms with Crippen molar-refractivity contribution in [3.63, 3.8) is 0 Å². The predicted molar refractivity (Wildman–Crippen MR) is 72.1 cm³/mol. The number of nitrogens with one attached hydrogen (secondary N) is 1. The second kappa shape index (κ2) is 4.94. The molecule has 0 radical (unpaired) electrons. The summed E-state index contributed by atoms with van der Waals surface area (Å²) in [7, 11) is 0. The maximum atomic E-state index is 6.09. The third-order valence-corrected chi connectivity index (χ3v) is 4.82. The number of nitrogens with zero attached hydrogens (tertiary/aromatic N) is 1. The van der Waals surface area contributed by atoms with Gasteiger partial charge in [-0.1, -0.05) is 0 Å². The molecule has 1 aromatic heterocycles. The quantitative estimate of drug-likeness (QED) is 0.876. The minimum Gasteiger partial charge on any atom is -0.375 e. The lowest BCUT2D eigenvalue weighted by Gasteiger charge is -2.43. The Balaban J connectivity index is 1.62. The van der Waals surface area contributed by atoms with E-state index in [-0.39, 0.29) is 5.60 Å². The lowest BCUT2D eigenvalue weighted by molar-refractivity contribution is -0.0877. The van der Waals surface area contributed by atoms with Gasteiger partial charge in [-0.05, 0) is 49.3 Å². The summed E-state index contributed by atoms with van der Waals surface area (Å²) in [6, 6.07) is 4.66. The number of ether oxygens (including phenoxy) is 1. The summed E-state index contributed by atoms with van der Waals surface area (Å²) in [6.07, 6.45) is 8.86. The van der Waals surface area contributed by atoms with Crippen LogP contribution in [0.25, 0.3) is 0 Å². The largest absolute Gasteiger partial charge is 0.375 e. The average molecular weight is 252 g/mol. The van der Waals surface area contributed by atoms with Gasteiger partial charge in [0.05, 0.1) is 5.60 Å². The highest BCUT2D eigenvalue weighted by atomic mass is 32.2. The average Bonchev–Trinajstić information content (AvgIpc) is 2.83. The van der Waals surface area contributed by atoms with Crippen molar-refractivity contribution in [1.82, 2.24) is 4.68 Å². The Bertz CT molecular complexity index is 341. The summed E-state index contributed by atoms with van der Waals surface area (Å²) in [6.45, 7) is 0.906. The van der Waals surface area contributed by atoms with Gasteiger partial charge in [0.1, 0.15) is 0 Å². The fraction of sp³-hybridized carbons (Fsp3) is 0.692. The molecule has 0 aliphatic carbocycles. The maximum absolute atomic E-state index is 6.09. The highest BCUT2D eigenvalue weighted by Crippen LogP contribution is 2.37. The molecular weight excluding hydrogens is 232 g/mol. The van der Waals surface area contributed by atoms with Crippen molar-refractivity contribution in [2.75, 3.05) is 23.5 Å². The Hall–Kier alpha value is -0.610. The summed E-state index contributed by atoms with van der Waals surface area (Å²) >= 11 is 2.06. The molecule has 1 atom stereocenters. The molecule has 1 spiro atoms. The van der Waals surface area contributed by atoms with E-state index in [0.29, 0.717) is 6.04 Å². The highest BCUT2D eigenvalue weighted by Gasteiger charge is 2.38. The van der Waals surface area contributed by atoms with Crippen LogP contribution in [0.5, 0.6) is 0 Å². The Labute approximate surface area is 107 Å². The topological polar surface area (TPSA) is 26.2 Å². The molecule has 4 heteroatoms. The fourth-order valence-electron chi connectivity index (χ4n) is 2.86. The molecule has 3 nitrogen and oxygen atoms in total. The van der Waals surface area contributed by atoms with Crippen molar-refractivity contribution in [1.29, 1.82) is 0 Å². The molecule has 2 aliphatic heterocycles. The van der Waals surface area contributed by atoms with Crippen LogP contribution in [-0.2, 0) is 4.74 Å². The van der Waals surface area contributed by atoms with Crippen LogP contribution in [0.4, 0.5) is 0 Å². The molecule has 0 saturated carbocycles. The van der Waals surface area contributed by atoms with Crippen LogP contribution in [0.1, 0.15) is 25.7 Å². The predicted octanol–water partition coefficient (Wildman–Crippen LogP) is 2.48. The molecule has 2 aliphatic rings. The molecular formula is C13H20N2OS. The lowest BCUT2D eigenvalue weighted by Crippen LogP contribution is -2.48. The summed E-state index contributed by atoms with van der Waals surface area (Å²) in [5.41, 5.74) is 3.74. The SMILES string of the molecule is c1ccn(NC2CCOC3(CCSCC3)C2)c1. The van der Waals surface area contributed by atoms with Gasteiger partial charge in [-0.25, -0.2) is 0 Å². The monoisotopic (exact) mass is 252 g/mol. The molecule has 1 aromatic rings. The Morgan fingerprint density at radius 1 is 1.24 bits per heavy atom. The molecule has 0 bridgehead atoms. The first kappa shape index (κ1) is 11.5. The number of hydrogen-bond acceptors (Lipinski definition) is 3. The first-order valence-electron chi connectivity index (χ1n) is 6.48. The zero-order valence-electron chi connectivity index (χ0n) is 10.1. The number of aromatic nitrogens is 1. The van der Waals surface area contributed by atoms with E-state index in [9.17, 15) is 0 Å². The van der Waals surface area contributed by atoms with E-state index in [4.69, 9.17) is 4.74 Å². The molecule has 1 N–H and O–H groups in total. The van der Waals surface area contributed by atoms with Gasteiger partial charge in [0.25, 0.3) is 0 Å². The van der Waals surface area contributed by atoms with Crippen molar-refractivity contribution < 1.29 is 4.74 Å². The minimum atomic E-state index is 0.175. The van der Waals surface area contributed by atoms with E-state index < -0.39 is 0 Å². The van der Waals surface area contributed by atoms with E-state index in [2.05, 4.69) is 46.4 Å². The fourth-order valence-corrected chi connectivity index (χ4v) is 4.10. The highest BCUT2D eigenvalue weighted by molar-refractivity contribution is 7.99. The molecule has 0 amide bonds. The van der Waals surface area contributed by atoms with Crippen LogP contribution >= 0.6 is 11.8 Å². The maximum Gasteiger partial charge on any atom is 0.0718 e. The van der Waals surface area contributed by atoms with Crippen molar-refractivity contribution in [3.05, 3.63) is 24.5 Å². The standard InChI is InChI=1S/C13H20N2OS/c1-2-7-15(6-1)14-12-3-8-16-13(11-12)4-9-17-10-5-13/h1-2,6-7,12,14H,3-5,8-11H2. The first-order valence-corrected chi connectivity index (χ1v) is 7.63. The van der Waals surface area contributed by atoms with Gasteiger partial charge in [0, 0.05) is 25.0 Å². The normalized spacial score (nSPS) is 28.1. The zero-order valence-corrected chi connectivity index (χ0v) is 10.9. The van der Waals surface area contributed by atoms with Crippen molar-refractivity contribution in [2.45, 2.75) is 37.3 Å². The van der Waals surface area contributed by atoms with Gasteiger partial charge >= 0.3 is 0 Å². The van der Waals surface area contributed by atoms with Crippen LogP contribution in [0.15, 0.2) is 24.5 Å². The van der Waals surface area contributed by atoms with Gasteiger partial charge in [-0.3, -0.25) is 4.68 Å². The third kappa shape index (κ3) is 2.63. The molecule has 2 fully saturated rings. The molecule has 1 unspecified atom stereocenters. The third-order valence-electron chi connectivity index (χ3n) is 3.83. The molecule has 0 aromatic carbocycles. The van der Waals surface area contributed by atoms with E-state index in [1.165, 1.54) is 24.3 Å². The van der Waals surface area contributed by atoms with E-state index >= 15 is 0 Å². The van der Waals surface area contributed by atoms with Crippen LogP contribution in [-0.4, -0.2) is 34.4 Å². The lowest BCUT2D eigenvalue weighted by atomic mass is 9.86. The summed E-state index contributed by atoms with van der Waals surface area (Å²) in [4.78, 5) is 0. The summed E-state index contributed by atoms with van der Waals surface area (Å²) in [5.74, 6) is 2.52. The second-order valence-corrected chi connectivity index (χ2v) is 6.28. The number of hydrogen-bond donors (Lipinski definition) is 1. The molecule has 3 rings (SSSR count). The minimum absolute atomic E-state index is 0.175. The zero-order chi connectivity index (χ0) is 11.6. The van der Waals surface area contributed by atoms with Crippen LogP contribution < -0.4 is 5.43 Å². The second-order valence-electron chi connectivity index (χ2n) is 5.05.